The summed E-state index contributed by atoms with van der Waals surface area (Å²) in [7, 11) is 1.62. The van der Waals surface area contributed by atoms with E-state index in [4.69, 9.17) is 0 Å². The molecule has 0 bridgehead atoms. The molecule has 19 heavy (non-hydrogen) atoms. The van der Waals surface area contributed by atoms with Crippen molar-refractivity contribution in [2.24, 2.45) is 0 Å². The summed E-state index contributed by atoms with van der Waals surface area (Å²) in [4.78, 5) is 27.0. The second-order valence-electron chi connectivity index (χ2n) is 4.70. The van der Waals surface area contributed by atoms with Crippen LogP contribution < -0.4 is 5.32 Å². The number of hydrogen-bond donors (Lipinski definition) is 1. The molecule has 5 heteroatoms. The van der Waals surface area contributed by atoms with Crippen LogP contribution in [0.25, 0.3) is 6.08 Å². The van der Waals surface area contributed by atoms with Gasteiger partial charge in [-0.25, -0.2) is 0 Å². The summed E-state index contributed by atoms with van der Waals surface area (Å²) in [5, 5.41) is 2.75. The Hall–Kier alpha value is -1.62. The number of likely N-dealkylation sites (N-methyl/N-ethyl adjacent to an activating group) is 1. The lowest BCUT2D eigenvalue weighted by Gasteiger charge is -2.16. The first-order valence-electron chi connectivity index (χ1n) is 6.17. The lowest BCUT2D eigenvalue weighted by Crippen LogP contribution is -2.40. The van der Waals surface area contributed by atoms with Crippen LogP contribution in [-0.4, -0.2) is 36.3 Å². The number of carbonyl (C=O) groups is 2. The smallest absolute Gasteiger partial charge is 0.246 e. The summed E-state index contributed by atoms with van der Waals surface area (Å²) in [6.07, 6.45) is 3.27. The number of hydrogen-bond acceptors (Lipinski definition) is 3. The Balaban J connectivity index is 2.48. The molecule has 1 rings (SSSR count). The minimum absolute atomic E-state index is 0.0742. The summed E-state index contributed by atoms with van der Waals surface area (Å²) < 4.78 is 0. The zero-order chi connectivity index (χ0) is 14.4. The van der Waals surface area contributed by atoms with Gasteiger partial charge in [-0.15, -0.1) is 11.3 Å². The summed E-state index contributed by atoms with van der Waals surface area (Å²) in [6.45, 7) is 5.87. The summed E-state index contributed by atoms with van der Waals surface area (Å²) >= 11 is 1.63. The van der Waals surface area contributed by atoms with Crippen molar-refractivity contribution >= 4 is 29.2 Å². The Bertz CT molecular complexity index is 478. The molecule has 0 saturated carbocycles. The Morgan fingerprint density at radius 3 is 2.63 bits per heavy atom. The first-order chi connectivity index (χ1) is 8.88. The lowest BCUT2D eigenvalue weighted by molar-refractivity contribution is -0.131. The first kappa shape index (κ1) is 15.4. The fourth-order valence-electron chi connectivity index (χ4n) is 1.48. The minimum Gasteiger partial charge on any atom is -0.352 e. The van der Waals surface area contributed by atoms with E-state index in [1.165, 1.54) is 15.9 Å². The maximum Gasteiger partial charge on any atom is 0.246 e. The predicted molar refractivity (Wildman–Crippen MR) is 79.0 cm³/mol. The van der Waals surface area contributed by atoms with Crippen molar-refractivity contribution in [2.75, 3.05) is 13.6 Å². The van der Waals surface area contributed by atoms with Gasteiger partial charge in [0, 0.05) is 28.9 Å². The molecular formula is C14H20N2O2S. The normalized spacial score (nSPS) is 11.0. The largest absolute Gasteiger partial charge is 0.352 e. The molecule has 0 radical (unpaired) electrons. The highest BCUT2D eigenvalue weighted by molar-refractivity contribution is 7.12. The molecule has 1 aromatic rings. The molecule has 2 amide bonds. The molecule has 1 N–H and O–H groups in total. The van der Waals surface area contributed by atoms with Gasteiger partial charge in [-0.1, -0.05) is 0 Å². The van der Waals surface area contributed by atoms with Crippen molar-refractivity contribution < 1.29 is 9.59 Å². The fourth-order valence-corrected chi connectivity index (χ4v) is 2.26. The van der Waals surface area contributed by atoms with E-state index in [0.717, 1.165) is 4.88 Å². The molecule has 0 aliphatic rings. The van der Waals surface area contributed by atoms with Crippen LogP contribution in [-0.2, 0) is 9.59 Å². The minimum atomic E-state index is -0.176. The van der Waals surface area contributed by atoms with Crippen LogP contribution in [0.2, 0.25) is 0 Å². The van der Waals surface area contributed by atoms with Crippen LogP contribution in [0.15, 0.2) is 18.2 Å². The van der Waals surface area contributed by atoms with E-state index >= 15 is 0 Å². The molecule has 0 fully saturated rings. The molecule has 0 spiro atoms. The SMILES string of the molecule is Cc1ccc(/C=C/C(=O)N(C)CC(=O)NC(C)C)s1. The highest BCUT2D eigenvalue weighted by Crippen LogP contribution is 2.16. The quantitative estimate of drug-likeness (QED) is 0.839. The third-order valence-corrected chi connectivity index (χ3v) is 3.32. The molecular weight excluding hydrogens is 260 g/mol. The maximum absolute atomic E-state index is 11.8. The number of thiophene rings is 1. The topological polar surface area (TPSA) is 49.4 Å². The molecule has 0 aromatic carbocycles. The number of nitrogens with zero attached hydrogens (tertiary/aromatic N) is 1. The third kappa shape index (κ3) is 5.70. The zero-order valence-corrected chi connectivity index (χ0v) is 12.6. The van der Waals surface area contributed by atoms with Crippen LogP contribution in [0.4, 0.5) is 0 Å². The monoisotopic (exact) mass is 280 g/mol. The summed E-state index contributed by atoms with van der Waals surface area (Å²) in [5.74, 6) is -0.323. The molecule has 0 unspecified atom stereocenters. The van der Waals surface area contributed by atoms with E-state index < -0.39 is 0 Å². The highest BCUT2D eigenvalue weighted by Gasteiger charge is 2.10. The van der Waals surface area contributed by atoms with Gasteiger partial charge in [0.25, 0.3) is 0 Å². The van der Waals surface area contributed by atoms with Gasteiger partial charge in [0.1, 0.15) is 0 Å². The van der Waals surface area contributed by atoms with Crippen molar-refractivity contribution in [2.45, 2.75) is 26.8 Å². The second kappa shape index (κ2) is 7.09. The van der Waals surface area contributed by atoms with Crippen LogP contribution in [0.3, 0.4) is 0 Å². The van der Waals surface area contributed by atoms with Crippen molar-refractivity contribution in [3.8, 4) is 0 Å². The number of aryl methyl sites for hydroxylation is 1. The Kier molecular flexibility index (Phi) is 5.76. The molecule has 0 atom stereocenters. The molecule has 104 valence electrons. The van der Waals surface area contributed by atoms with Crippen LogP contribution >= 0.6 is 11.3 Å². The molecule has 0 saturated heterocycles. The summed E-state index contributed by atoms with van der Waals surface area (Å²) in [5.41, 5.74) is 0. The van der Waals surface area contributed by atoms with E-state index in [1.54, 1.807) is 24.5 Å². The van der Waals surface area contributed by atoms with Gasteiger partial charge in [-0.2, -0.15) is 0 Å². The van der Waals surface area contributed by atoms with E-state index in [-0.39, 0.29) is 24.4 Å². The number of amides is 2. The second-order valence-corrected chi connectivity index (χ2v) is 6.02. The van der Waals surface area contributed by atoms with Gasteiger partial charge >= 0.3 is 0 Å². The maximum atomic E-state index is 11.8. The fraction of sp³-hybridized carbons (Fsp3) is 0.429. The van der Waals surface area contributed by atoms with Crippen LogP contribution in [0.5, 0.6) is 0 Å². The van der Waals surface area contributed by atoms with Crippen molar-refractivity contribution in [3.63, 3.8) is 0 Å². The van der Waals surface area contributed by atoms with E-state index in [0.29, 0.717) is 0 Å². The van der Waals surface area contributed by atoms with Crippen molar-refractivity contribution in [3.05, 3.63) is 28.0 Å². The average molecular weight is 280 g/mol. The lowest BCUT2D eigenvalue weighted by atomic mass is 10.3. The molecule has 4 nitrogen and oxygen atoms in total. The Morgan fingerprint density at radius 1 is 1.42 bits per heavy atom. The number of nitrogens with one attached hydrogen (secondary N) is 1. The van der Waals surface area contributed by atoms with Gasteiger partial charge < -0.3 is 10.2 Å². The molecule has 0 aliphatic heterocycles. The van der Waals surface area contributed by atoms with Crippen LogP contribution in [0, 0.1) is 6.92 Å². The Morgan fingerprint density at radius 2 is 2.11 bits per heavy atom. The van der Waals surface area contributed by atoms with E-state index in [1.807, 2.05) is 32.9 Å². The van der Waals surface area contributed by atoms with E-state index in [9.17, 15) is 9.59 Å². The Labute approximate surface area is 118 Å². The highest BCUT2D eigenvalue weighted by atomic mass is 32.1. The van der Waals surface area contributed by atoms with Gasteiger partial charge in [0.05, 0.1) is 6.54 Å². The number of rotatable bonds is 5. The van der Waals surface area contributed by atoms with Crippen molar-refractivity contribution in [1.29, 1.82) is 0 Å². The molecule has 1 heterocycles. The molecule has 0 aliphatic carbocycles. The van der Waals surface area contributed by atoms with Gasteiger partial charge in [-0.05, 0) is 39.0 Å². The van der Waals surface area contributed by atoms with Gasteiger partial charge in [0.15, 0.2) is 0 Å². The first-order valence-corrected chi connectivity index (χ1v) is 6.99. The number of carbonyl (C=O) groups excluding carboxylic acids is 2. The standard InChI is InChI=1S/C14H20N2O2S/c1-10(2)15-13(17)9-16(4)14(18)8-7-12-6-5-11(3)19-12/h5-8,10H,9H2,1-4H3,(H,15,17)/b8-7+. The van der Waals surface area contributed by atoms with Gasteiger partial charge in [-0.3, -0.25) is 9.59 Å². The average Bonchev–Trinajstić information content (AvgIpc) is 2.70. The van der Waals surface area contributed by atoms with Crippen LogP contribution in [0.1, 0.15) is 23.6 Å². The zero-order valence-electron chi connectivity index (χ0n) is 11.8. The van der Waals surface area contributed by atoms with Gasteiger partial charge in [0.2, 0.25) is 11.8 Å². The summed E-state index contributed by atoms with van der Waals surface area (Å²) in [6, 6.07) is 4.06. The predicted octanol–water partition coefficient (Wildman–Crippen LogP) is 2.05. The van der Waals surface area contributed by atoms with E-state index in [2.05, 4.69) is 5.32 Å². The van der Waals surface area contributed by atoms with Crippen molar-refractivity contribution in [1.82, 2.24) is 10.2 Å². The molecule has 1 aromatic heterocycles. The third-order valence-electron chi connectivity index (χ3n) is 2.36.